The Balaban J connectivity index is 1.75. The zero-order chi connectivity index (χ0) is 10.1. The highest BCUT2D eigenvalue weighted by atomic mass is 32.2. The largest absolute Gasteiger partial charge is 0.383 e. The summed E-state index contributed by atoms with van der Waals surface area (Å²) < 4.78 is 4.96. The third-order valence-electron chi connectivity index (χ3n) is 2.72. The fourth-order valence-electron chi connectivity index (χ4n) is 1.79. The first-order valence-corrected chi connectivity index (χ1v) is 6.86. The van der Waals surface area contributed by atoms with Crippen LogP contribution in [0, 0.1) is 5.92 Å². The molecular weight excluding hydrogens is 194 g/mol. The summed E-state index contributed by atoms with van der Waals surface area (Å²) in [6.07, 6.45) is 5.62. The van der Waals surface area contributed by atoms with E-state index in [1.807, 2.05) is 0 Å². The standard InChI is InChI=1S/C11H23NOS/c1-13-8-7-12-6-3-2-4-11-5-9-14-10-11/h11-12H,2-10H2,1H3. The molecule has 3 heteroatoms. The number of unbranched alkanes of at least 4 members (excludes halogenated alkanes) is 1. The second-order valence-corrected chi connectivity index (χ2v) is 5.12. The van der Waals surface area contributed by atoms with Gasteiger partial charge >= 0.3 is 0 Å². The average molecular weight is 217 g/mol. The van der Waals surface area contributed by atoms with Crippen molar-refractivity contribution in [3.05, 3.63) is 0 Å². The lowest BCUT2D eigenvalue weighted by atomic mass is 10.0. The number of hydrogen-bond donors (Lipinski definition) is 1. The highest BCUT2D eigenvalue weighted by molar-refractivity contribution is 7.99. The Hall–Kier alpha value is 0.270. The Labute approximate surface area is 92.2 Å². The Morgan fingerprint density at radius 1 is 1.36 bits per heavy atom. The van der Waals surface area contributed by atoms with Gasteiger partial charge in [-0.3, -0.25) is 0 Å². The Morgan fingerprint density at radius 2 is 2.29 bits per heavy atom. The van der Waals surface area contributed by atoms with Crippen LogP contribution in [0.3, 0.4) is 0 Å². The molecular formula is C11H23NOS. The lowest BCUT2D eigenvalue weighted by Crippen LogP contribution is -2.20. The van der Waals surface area contributed by atoms with Gasteiger partial charge in [-0.1, -0.05) is 6.42 Å². The minimum absolute atomic E-state index is 0.833. The summed E-state index contributed by atoms with van der Waals surface area (Å²) in [5, 5.41) is 3.38. The van der Waals surface area contributed by atoms with Crippen molar-refractivity contribution in [3.63, 3.8) is 0 Å². The van der Waals surface area contributed by atoms with Crippen LogP contribution in [-0.2, 0) is 4.74 Å². The second kappa shape index (κ2) is 8.57. The minimum Gasteiger partial charge on any atom is -0.383 e. The van der Waals surface area contributed by atoms with Crippen LogP contribution in [0.15, 0.2) is 0 Å². The smallest absolute Gasteiger partial charge is 0.0587 e. The quantitative estimate of drug-likeness (QED) is 0.630. The van der Waals surface area contributed by atoms with E-state index in [1.54, 1.807) is 7.11 Å². The number of hydrogen-bond acceptors (Lipinski definition) is 3. The molecule has 14 heavy (non-hydrogen) atoms. The normalized spacial score (nSPS) is 21.6. The minimum atomic E-state index is 0.833. The van der Waals surface area contributed by atoms with E-state index in [4.69, 9.17) is 4.74 Å². The number of methoxy groups -OCH3 is 1. The molecule has 0 amide bonds. The highest BCUT2D eigenvalue weighted by Crippen LogP contribution is 2.27. The molecule has 1 aliphatic rings. The molecule has 0 aliphatic carbocycles. The van der Waals surface area contributed by atoms with Crippen LogP contribution < -0.4 is 5.32 Å². The third-order valence-corrected chi connectivity index (χ3v) is 3.95. The molecule has 0 spiro atoms. The van der Waals surface area contributed by atoms with E-state index in [2.05, 4.69) is 17.1 Å². The molecule has 0 radical (unpaired) electrons. The fraction of sp³-hybridized carbons (Fsp3) is 1.00. The lowest BCUT2D eigenvalue weighted by Gasteiger charge is -2.07. The summed E-state index contributed by atoms with van der Waals surface area (Å²) in [6.45, 7) is 2.98. The van der Waals surface area contributed by atoms with Crippen LogP contribution in [0.5, 0.6) is 0 Å². The van der Waals surface area contributed by atoms with E-state index in [9.17, 15) is 0 Å². The molecule has 1 N–H and O–H groups in total. The Bertz CT molecular complexity index is 126. The predicted octanol–water partition coefficient (Wildman–Crippen LogP) is 2.15. The van der Waals surface area contributed by atoms with Crippen LogP contribution in [0.1, 0.15) is 25.7 Å². The zero-order valence-electron chi connectivity index (χ0n) is 9.26. The van der Waals surface area contributed by atoms with Gasteiger partial charge in [0, 0.05) is 13.7 Å². The van der Waals surface area contributed by atoms with Gasteiger partial charge in [-0.15, -0.1) is 0 Å². The van der Waals surface area contributed by atoms with Gasteiger partial charge in [0.15, 0.2) is 0 Å². The molecule has 84 valence electrons. The molecule has 0 aromatic heterocycles. The molecule has 1 fully saturated rings. The SMILES string of the molecule is COCCNCCCCC1CCSC1. The average Bonchev–Trinajstić information content (AvgIpc) is 2.69. The number of ether oxygens (including phenoxy) is 1. The van der Waals surface area contributed by atoms with Crippen molar-refractivity contribution in [1.29, 1.82) is 0 Å². The summed E-state index contributed by atoms with van der Waals surface area (Å²) in [4.78, 5) is 0. The molecule has 1 aliphatic heterocycles. The molecule has 0 aromatic carbocycles. The maximum atomic E-state index is 4.96. The van der Waals surface area contributed by atoms with Gasteiger partial charge < -0.3 is 10.1 Å². The van der Waals surface area contributed by atoms with Crippen molar-refractivity contribution < 1.29 is 4.74 Å². The van der Waals surface area contributed by atoms with Gasteiger partial charge in [-0.2, -0.15) is 11.8 Å². The van der Waals surface area contributed by atoms with Gasteiger partial charge in [0.2, 0.25) is 0 Å². The number of rotatable bonds is 8. The van der Waals surface area contributed by atoms with Gasteiger partial charge in [0.25, 0.3) is 0 Å². The molecule has 1 heterocycles. The maximum absolute atomic E-state index is 4.96. The van der Waals surface area contributed by atoms with Crippen molar-refractivity contribution in [1.82, 2.24) is 5.32 Å². The van der Waals surface area contributed by atoms with Crippen molar-refractivity contribution in [2.24, 2.45) is 5.92 Å². The van der Waals surface area contributed by atoms with Crippen LogP contribution in [-0.4, -0.2) is 38.3 Å². The summed E-state index contributed by atoms with van der Waals surface area (Å²) in [5.41, 5.74) is 0. The molecule has 1 saturated heterocycles. The summed E-state index contributed by atoms with van der Waals surface area (Å²) in [6, 6.07) is 0. The van der Waals surface area contributed by atoms with E-state index in [1.165, 1.54) is 37.2 Å². The predicted molar refractivity (Wildman–Crippen MR) is 64.0 cm³/mol. The molecule has 1 rings (SSSR count). The van der Waals surface area contributed by atoms with E-state index < -0.39 is 0 Å². The Kier molecular flexibility index (Phi) is 7.55. The Morgan fingerprint density at radius 3 is 3.00 bits per heavy atom. The van der Waals surface area contributed by atoms with E-state index in [0.717, 1.165) is 25.6 Å². The molecule has 1 unspecified atom stereocenters. The first-order chi connectivity index (χ1) is 6.93. The summed E-state index contributed by atoms with van der Waals surface area (Å²) >= 11 is 2.12. The zero-order valence-corrected chi connectivity index (χ0v) is 10.1. The van der Waals surface area contributed by atoms with Gasteiger partial charge in [-0.05, 0) is 43.2 Å². The molecule has 0 bridgehead atoms. The summed E-state index contributed by atoms with van der Waals surface area (Å²) in [5.74, 6) is 3.84. The van der Waals surface area contributed by atoms with Crippen LogP contribution >= 0.6 is 11.8 Å². The van der Waals surface area contributed by atoms with Crippen LogP contribution in [0.25, 0.3) is 0 Å². The molecule has 1 atom stereocenters. The first-order valence-electron chi connectivity index (χ1n) is 5.71. The van der Waals surface area contributed by atoms with Crippen molar-refractivity contribution in [3.8, 4) is 0 Å². The molecule has 0 aromatic rings. The van der Waals surface area contributed by atoms with E-state index >= 15 is 0 Å². The fourth-order valence-corrected chi connectivity index (χ4v) is 3.13. The van der Waals surface area contributed by atoms with E-state index in [-0.39, 0.29) is 0 Å². The summed E-state index contributed by atoms with van der Waals surface area (Å²) in [7, 11) is 1.75. The van der Waals surface area contributed by atoms with Gasteiger partial charge in [0.05, 0.1) is 6.61 Å². The lowest BCUT2D eigenvalue weighted by molar-refractivity contribution is 0.199. The van der Waals surface area contributed by atoms with Crippen molar-refractivity contribution in [2.75, 3.05) is 38.3 Å². The third kappa shape index (κ3) is 5.89. The topological polar surface area (TPSA) is 21.3 Å². The number of thioether (sulfide) groups is 1. The second-order valence-electron chi connectivity index (χ2n) is 3.97. The van der Waals surface area contributed by atoms with Crippen molar-refractivity contribution >= 4 is 11.8 Å². The maximum Gasteiger partial charge on any atom is 0.0587 e. The highest BCUT2D eigenvalue weighted by Gasteiger charge is 2.14. The first kappa shape index (κ1) is 12.3. The van der Waals surface area contributed by atoms with Gasteiger partial charge in [0.1, 0.15) is 0 Å². The van der Waals surface area contributed by atoms with Crippen LogP contribution in [0.4, 0.5) is 0 Å². The molecule has 0 saturated carbocycles. The van der Waals surface area contributed by atoms with E-state index in [0.29, 0.717) is 0 Å². The monoisotopic (exact) mass is 217 g/mol. The van der Waals surface area contributed by atoms with Gasteiger partial charge in [-0.25, -0.2) is 0 Å². The van der Waals surface area contributed by atoms with Crippen LogP contribution in [0.2, 0.25) is 0 Å². The molecule has 2 nitrogen and oxygen atoms in total. The van der Waals surface area contributed by atoms with Crippen molar-refractivity contribution in [2.45, 2.75) is 25.7 Å². The number of nitrogens with one attached hydrogen (secondary N) is 1.